The van der Waals surface area contributed by atoms with Gasteiger partial charge in [-0.15, -0.1) is 0 Å². The second-order valence-electron chi connectivity index (χ2n) is 4.38. The summed E-state index contributed by atoms with van der Waals surface area (Å²) >= 11 is 0. The molecule has 3 heteroatoms. The van der Waals surface area contributed by atoms with Crippen LogP contribution in [0.1, 0.15) is 24.5 Å². The van der Waals surface area contributed by atoms with Crippen LogP contribution in [0.3, 0.4) is 0 Å². The van der Waals surface area contributed by atoms with Crippen LogP contribution >= 0.6 is 0 Å². The topological polar surface area (TPSA) is 21.3 Å². The first-order chi connectivity index (χ1) is 8.65. The number of halogens is 1. The van der Waals surface area contributed by atoms with Crippen LogP contribution in [-0.4, -0.2) is 26.8 Å². The summed E-state index contributed by atoms with van der Waals surface area (Å²) in [4.78, 5) is 0. The van der Waals surface area contributed by atoms with Gasteiger partial charge in [0.2, 0.25) is 0 Å². The van der Waals surface area contributed by atoms with Crippen molar-refractivity contribution in [1.82, 2.24) is 5.32 Å². The van der Waals surface area contributed by atoms with E-state index in [-0.39, 0.29) is 5.82 Å². The number of allylic oxidation sites excluding steroid dienone is 1. The second-order valence-corrected chi connectivity index (χ2v) is 4.38. The van der Waals surface area contributed by atoms with E-state index in [1.54, 1.807) is 20.1 Å². The number of hydrogen-bond acceptors (Lipinski definition) is 2. The van der Waals surface area contributed by atoms with Crippen molar-refractivity contribution in [3.8, 4) is 0 Å². The lowest BCUT2D eigenvalue weighted by Gasteiger charge is -2.05. The largest absolute Gasteiger partial charge is 0.383 e. The van der Waals surface area contributed by atoms with Gasteiger partial charge in [0, 0.05) is 13.7 Å². The van der Waals surface area contributed by atoms with Crippen LogP contribution in [0.4, 0.5) is 4.39 Å². The van der Waals surface area contributed by atoms with Crippen LogP contribution in [0.5, 0.6) is 0 Å². The van der Waals surface area contributed by atoms with Crippen molar-refractivity contribution in [2.45, 2.75) is 20.3 Å². The van der Waals surface area contributed by atoms with Gasteiger partial charge in [-0.1, -0.05) is 18.2 Å². The molecule has 0 aliphatic carbocycles. The number of aryl methyl sites for hydroxylation is 1. The number of hydrogen-bond donors (Lipinski definition) is 1. The number of nitrogens with one attached hydrogen (secondary N) is 1. The van der Waals surface area contributed by atoms with Gasteiger partial charge in [0.05, 0.1) is 6.61 Å². The molecule has 1 aromatic rings. The molecular formula is C15H22FNO. The molecule has 0 aromatic heterocycles. The molecule has 0 bridgehead atoms. The Labute approximate surface area is 109 Å². The van der Waals surface area contributed by atoms with Crippen molar-refractivity contribution in [3.05, 3.63) is 41.2 Å². The second kappa shape index (κ2) is 8.01. The van der Waals surface area contributed by atoms with Gasteiger partial charge in [0.1, 0.15) is 5.82 Å². The van der Waals surface area contributed by atoms with Crippen molar-refractivity contribution in [2.24, 2.45) is 0 Å². The van der Waals surface area contributed by atoms with E-state index in [1.807, 2.05) is 19.1 Å². The zero-order valence-electron chi connectivity index (χ0n) is 11.4. The van der Waals surface area contributed by atoms with Crippen LogP contribution in [0.25, 0.3) is 5.57 Å². The average Bonchev–Trinajstić information content (AvgIpc) is 2.36. The van der Waals surface area contributed by atoms with Gasteiger partial charge in [0.25, 0.3) is 0 Å². The molecule has 0 saturated heterocycles. The van der Waals surface area contributed by atoms with Crippen LogP contribution < -0.4 is 5.32 Å². The Morgan fingerprint density at radius 2 is 2.17 bits per heavy atom. The fourth-order valence-electron chi connectivity index (χ4n) is 1.65. The number of rotatable bonds is 7. The smallest absolute Gasteiger partial charge is 0.126 e. The normalized spacial score (nSPS) is 11.9. The van der Waals surface area contributed by atoms with Gasteiger partial charge in [-0.3, -0.25) is 0 Å². The van der Waals surface area contributed by atoms with E-state index in [2.05, 4.69) is 11.4 Å². The zero-order chi connectivity index (χ0) is 13.4. The fraction of sp³-hybridized carbons (Fsp3) is 0.467. The maximum absolute atomic E-state index is 13.4. The van der Waals surface area contributed by atoms with E-state index in [4.69, 9.17) is 4.74 Å². The summed E-state index contributed by atoms with van der Waals surface area (Å²) in [6.07, 6.45) is 3.06. The third-order valence-electron chi connectivity index (χ3n) is 2.88. The van der Waals surface area contributed by atoms with Gasteiger partial charge in [-0.2, -0.15) is 0 Å². The highest BCUT2D eigenvalue weighted by Crippen LogP contribution is 2.17. The minimum Gasteiger partial charge on any atom is -0.383 e. The van der Waals surface area contributed by atoms with Gasteiger partial charge in [0.15, 0.2) is 0 Å². The Bertz CT molecular complexity index is 401. The maximum Gasteiger partial charge on any atom is 0.126 e. The predicted molar refractivity (Wildman–Crippen MR) is 74.2 cm³/mol. The summed E-state index contributed by atoms with van der Waals surface area (Å²) in [6.45, 7) is 6.29. The molecular weight excluding hydrogens is 229 g/mol. The summed E-state index contributed by atoms with van der Waals surface area (Å²) in [7, 11) is 1.69. The molecule has 0 aliphatic rings. The van der Waals surface area contributed by atoms with Crippen molar-refractivity contribution in [1.29, 1.82) is 0 Å². The molecule has 0 atom stereocenters. The number of benzene rings is 1. The lowest BCUT2D eigenvalue weighted by molar-refractivity contribution is 0.199. The first-order valence-corrected chi connectivity index (χ1v) is 6.28. The molecule has 0 saturated carbocycles. The number of methoxy groups -OCH3 is 1. The molecule has 1 aromatic carbocycles. The Morgan fingerprint density at radius 3 is 2.83 bits per heavy atom. The van der Waals surface area contributed by atoms with Gasteiger partial charge in [-0.05, 0) is 49.6 Å². The quantitative estimate of drug-likeness (QED) is 0.752. The van der Waals surface area contributed by atoms with Gasteiger partial charge < -0.3 is 10.1 Å². The highest BCUT2D eigenvalue weighted by Gasteiger charge is 2.00. The Kier molecular flexibility index (Phi) is 6.61. The van der Waals surface area contributed by atoms with Gasteiger partial charge in [-0.25, -0.2) is 4.39 Å². The van der Waals surface area contributed by atoms with E-state index in [1.165, 1.54) is 0 Å². The lowest BCUT2D eigenvalue weighted by atomic mass is 10.0. The van der Waals surface area contributed by atoms with Crippen LogP contribution in [0.15, 0.2) is 24.3 Å². The summed E-state index contributed by atoms with van der Waals surface area (Å²) in [5.74, 6) is -0.140. The standard InChI is InChI=1S/C15H22FNO/c1-12(5-4-8-17-9-10-18-3)14-7-6-13(2)15(16)11-14/h5-7,11,17H,4,8-10H2,1-3H3/b12-5-. The summed E-state index contributed by atoms with van der Waals surface area (Å²) in [5.41, 5.74) is 2.75. The van der Waals surface area contributed by atoms with Crippen molar-refractivity contribution < 1.29 is 9.13 Å². The molecule has 0 heterocycles. The minimum atomic E-state index is -0.140. The van der Waals surface area contributed by atoms with Crippen LogP contribution in [-0.2, 0) is 4.74 Å². The summed E-state index contributed by atoms with van der Waals surface area (Å²) in [5, 5.41) is 3.27. The first kappa shape index (κ1) is 14.9. The Balaban J connectivity index is 2.43. The lowest BCUT2D eigenvalue weighted by Crippen LogP contribution is -2.19. The third kappa shape index (κ3) is 4.98. The molecule has 0 radical (unpaired) electrons. The van der Waals surface area contributed by atoms with Crippen molar-refractivity contribution >= 4 is 5.57 Å². The molecule has 0 fully saturated rings. The average molecular weight is 251 g/mol. The Hall–Kier alpha value is -1.19. The Morgan fingerprint density at radius 1 is 1.39 bits per heavy atom. The SMILES string of the molecule is COCCNCC/C=C(/C)c1ccc(C)c(F)c1. The molecule has 2 nitrogen and oxygen atoms in total. The van der Waals surface area contributed by atoms with Gasteiger partial charge >= 0.3 is 0 Å². The number of ether oxygens (including phenoxy) is 1. The van der Waals surface area contributed by atoms with E-state index >= 15 is 0 Å². The molecule has 1 N–H and O–H groups in total. The zero-order valence-corrected chi connectivity index (χ0v) is 11.4. The maximum atomic E-state index is 13.4. The van der Waals surface area contributed by atoms with Crippen molar-refractivity contribution in [3.63, 3.8) is 0 Å². The van der Waals surface area contributed by atoms with Crippen LogP contribution in [0.2, 0.25) is 0 Å². The molecule has 0 spiro atoms. The van der Waals surface area contributed by atoms with E-state index in [9.17, 15) is 4.39 Å². The molecule has 0 amide bonds. The van der Waals surface area contributed by atoms with Crippen molar-refractivity contribution in [2.75, 3.05) is 26.8 Å². The summed E-state index contributed by atoms with van der Waals surface area (Å²) in [6, 6.07) is 5.38. The monoisotopic (exact) mass is 251 g/mol. The molecule has 0 aliphatic heterocycles. The molecule has 100 valence electrons. The molecule has 18 heavy (non-hydrogen) atoms. The first-order valence-electron chi connectivity index (χ1n) is 6.28. The highest BCUT2D eigenvalue weighted by molar-refractivity contribution is 5.63. The van der Waals surface area contributed by atoms with E-state index < -0.39 is 0 Å². The molecule has 0 unspecified atom stereocenters. The molecule has 1 rings (SSSR count). The van der Waals surface area contributed by atoms with E-state index in [0.29, 0.717) is 5.56 Å². The van der Waals surface area contributed by atoms with E-state index in [0.717, 1.165) is 37.3 Å². The van der Waals surface area contributed by atoms with Crippen LogP contribution in [0, 0.1) is 12.7 Å². The predicted octanol–water partition coefficient (Wildman–Crippen LogP) is 3.16. The minimum absolute atomic E-state index is 0.140. The third-order valence-corrected chi connectivity index (χ3v) is 2.88. The summed E-state index contributed by atoms with van der Waals surface area (Å²) < 4.78 is 18.4. The fourth-order valence-corrected chi connectivity index (χ4v) is 1.65. The highest BCUT2D eigenvalue weighted by atomic mass is 19.1.